The Labute approximate surface area is 640 Å². The number of rotatable bonds is 10. The van der Waals surface area contributed by atoms with Gasteiger partial charge in [-0.15, -0.1) is 0 Å². The van der Waals surface area contributed by atoms with Crippen molar-refractivity contribution in [3.8, 4) is 0 Å². The van der Waals surface area contributed by atoms with Crippen molar-refractivity contribution in [1.82, 2.24) is 35.0 Å². The number of nitrogens with one attached hydrogen (secondary N) is 2. The SMILES string of the molecule is CC(C)(C)OC(=O)N1CCC[C@H](N(C(=O)c2ccc(C3=NOC(C)(C)C3=O)cc2)c2ncccc2Cl)C1.CC(C)(C)OC(=O)N1CCC[C@H](N)C1.CC(C)(C)OC(=O)N1CCC[C@H](Nc2ncccc2Cl)C1.CC1(C)ON=C(c2ccc(C(=O)N(c3ncccc3Cl)[C@H]3CCCNC3)cc2)C1=O.[CH3-].[W]. The van der Waals surface area contributed by atoms with Gasteiger partial charge in [0.25, 0.3) is 11.8 Å². The molecule has 104 heavy (non-hydrogen) atoms. The average molecular weight is 1660 g/mol. The molecule has 0 unspecified atom stereocenters. The monoisotopic (exact) mass is 1660 g/mol. The van der Waals surface area contributed by atoms with Crippen LogP contribution in [0.25, 0.3) is 0 Å². The standard InChI is InChI=1S/C27H31ClN4O5.C22H23ClN4O3.C15H22ClN3O2.C10H20N2O2.CH3.W/c1-26(2,3)36-25(35)31-15-7-8-19(16-31)32(23-20(28)9-6-14-29-23)24(34)18-12-10-17(11-13-18)21-22(33)27(4,5)37-30-21;1-22(2)19(28)18(26-30-22)14-7-9-15(10-8-14)21(29)27(16-5-3-11-24-13-16)20-17(23)6-4-12-25-20;1-15(2,3)21-14(20)19-9-5-6-11(10-19)18-13-12(16)7-4-8-17-13;1-10(2,3)14-9(13)12-6-4-5-8(11)7-12;;/h6,9-14,19H,7-8,15-16H2,1-5H3;4,6-10,12,16,24H,3,5,11,13H2,1-2H3;4,7-8,11H,5-6,9-10H2,1-3H3,(H,17,18);8H,4-7,11H2,1-3H3;1H3;/q;;;;-1;/t19-;16-;11-;8-;;/m0000../s1. The van der Waals surface area contributed by atoms with Crippen LogP contribution in [0.2, 0.25) is 15.1 Å². The number of aromatic nitrogens is 3. The number of carbonyl (C=O) groups excluding carboxylic acids is 7. The first-order valence-corrected chi connectivity index (χ1v) is 35.6. The third-order valence-corrected chi connectivity index (χ3v) is 17.7. The number of carbonyl (C=O) groups is 7. The van der Waals surface area contributed by atoms with Gasteiger partial charge >= 0.3 is 18.3 Å². The molecule has 9 heterocycles. The summed E-state index contributed by atoms with van der Waals surface area (Å²) in [6.07, 6.45) is 11.0. The zero-order valence-electron chi connectivity index (χ0n) is 61.9. The van der Waals surface area contributed by atoms with Crippen LogP contribution in [0.1, 0.15) is 173 Å². The first kappa shape index (κ1) is 85.1. The molecule has 5 aromatic rings. The Kier molecular flexibility index (Phi) is 30.2. The second-order valence-electron chi connectivity index (χ2n) is 29.7. The fourth-order valence-corrected chi connectivity index (χ4v) is 12.3. The molecule has 0 aliphatic carbocycles. The summed E-state index contributed by atoms with van der Waals surface area (Å²) in [7, 11) is 0. The summed E-state index contributed by atoms with van der Waals surface area (Å²) in [5, 5.41) is 15.8. The van der Waals surface area contributed by atoms with Gasteiger partial charge in [0, 0.05) is 120 Å². The van der Waals surface area contributed by atoms with Crippen LogP contribution in [0.15, 0.2) is 114 Å². The van der Waals surface area contributed by atoms with E-state index in [1.54, 1.807) is 156 Å². The number of oxime groups is 2. The van der Waals surface area contributed by atoms with Gasteiger partial charge < -0.3 is 62.4 Å². The molecule has 0 radical (unpaired) electrons. The molecule has 0 spiro atoms. The van der Waals surface area contributed by atoms with Gasteiger partial charge in [0.2, 0.25) is 11.6 Å². The molecular weight excluding hydrogens is 1570 g/mol. The van der Waals surface area contributed by atoms with Crippen LogP contribution in [0.4, 0.5) is 31.8 Å². The number of ether oxygens (including phenoxy) is 3. The number of piperidine rings is 4. The number of Topliss-reactive ketones (excluding diaryl/α,β-unsaturated/α-hetero) is 2. The molecule has 0 saturated carbocycles. The van der Waals surface area contributed by atoms with E-state index in [2.05, 4.69) is 35.9 Å². The molecule has 2 aromatic carbocycles. The molecule has 5 amide bonds. The van der Waals surface area contributed by atoms with Crippen LogP contribution in [0, 0.1) is 7.43 Å². The number of anilines is 3. The first-order valence-electron chi connectivity index (χ1n) is 34.5. The van der Waals surface area contributed by atoms with Crippen molar-refractivity contribution in [3.05, 3.63) is 148 Å². The molecule has 6 aliphatic heterocycles. The summed E-state index contributed by atoms with van der Waals surface area (Å²) < 4.78 is 16.2. The molecule has 25 nitrogen and oxygen atoms in total. The maximum absolute atomic E-state index is 13.9. The Morgan fingerprint density at radius 1 is 0.548 bits per heavy atom. The quantitative estimate of drug-likeness (QED) is 0.0864. The number of likely N-dealkylation sites (tertiary alicyclic amines) is 3. The van der Waals surface area contributed by atoms with Gasteiger partial charge in [0.05, 0.1) is 27.2 Å². The van der Waals surface area contributed by atoms with Crippen molar-refractivity contribution in [2.75, 3.05) is 67.5 Å². The van der Waals surface area contributed by atoms with Gasteiger partial charge in [-0.05, 0) is 209 Å². The maximum Gasteiger partial charge on any atom is 0.410 e. The Morgan fingerprint density at radius 3 is 1.34 bits per heavy atom. The van der Waals surface area contributed by atoms with E-state index >= 15 is 0 Å². The van der Waals surface area contributed by atoms with Crippen molar-refractivity contribution in [3.63, 3.8) is 0 Å². The summed E-state index contributed by atoms with van der Waals surface area (Å²) in [5.41, 5.74) is 4.79. The Balaban J connectivity index is 0.000000228. The minimum Gasteiger partial charge on any atom is -0.444 e. The van der Waals surface area contributed by atoms with Gasteiger partial charge in [-0.1, -0.05) is 69.4 Å². The smallest absolute Gasteiger partial charge is 0.410 e. The number of pyridine rings is 3. The topological polar surface area (TPSA) is 295 Å². The molecule has 11 rings (SSSR count). The third-order valence-electron chi connectivity index (χ3n) is 16.8. The maximum atomic E-state index is 13.9. The van der Waals surface area contributed by atoms with E-state index in [4.69, 9.17) is 64.4 Å². The normalized spacial score (nSPS) is 19.8. The first-order chi connectivity index (χ1) is 48.0. The second-order valence-corrected chi connectivity index (χ2v) is 30.9. The van der Waals surface area contributed by atoms with Gasteiger partial charge in [0.1, 0.15) is 22.6 Å². The van der Waals surface area contributed by atoms with E-state index in [-0.39, 0.29) is 106 Å². The summed E-state index contributed by atoms with van der Waals surface area (Å²) in [6.45, 7) is 28.5. The number of amides is 5. The van der Waals surface area contributed by atoms with E-state index in [0.717, 1.165) is 58.2 Å². The van der Waals surface area contributed by atoms with Gasteiger partial charge in [-0.3, -0.25) is 29.0 Å². The summed E-state index contributed by atoms with van der Waals surface area (Å²) in [4.78, 5) is 121. The Hall–Kier alpha value is -7.80. The number of nitrogens with two attached hydrogens (primary N) is 1. The number of hydrogen-bond donors (Lipinski definition) is 3. The van der Waals surface area contributed by atoms with E-state index < -0.39 is 34.1 Å². The average Bonchev–Trinajstić information content (AvgIpc) is 1.28. The number of benzene rings is 2. The van der Waals surface area contributed by atoms with E-state index in [1.807, 2.05) is 62.3 Å². The van der Waals surface area contributed by atoms with E-state index in [1.165, 1.54) is 0 Å². The van der Waals surface area contributed by atoms with Crippen LogP contribution < -0.4 is 26.2 Å². The molecule has 3 aromatic heterocycles. The molecule has 4 saturated heterocycles. The summed E-state index contributed by atoms with van der Waals surface area (Å²) >= 11 is 19.0. The Morgan fingerprint density at radius 2 is 0.942 bits per heavy atom. The minimum absolute atomic E-state index is 0. The minimum atomic E-state index is -1.02. The van der Waals surface area contributed by atoms with Crippen molar-refractivity contribution in [2.45, 2.75) is 194 Å². The Bertz CT molecular complexity index is 3860. The molecule has 4 N–H and O–H groups in total. The number of hydrogen-bond acceptors (Lipinski definition) is 20. The van der Waals surface area contributed by atoms with E-state index in [9.17, 15) is 33.6 Å². The molecular formula is C75H99Cl3N13O12W-. The molecule has 6 aliphatic rings. The van der Waals surface area contributed by atoms with Crippen LogP contribution in [0.3, 0.4) is 0 Å². The molecule has 4 atom stereocenters. The molecule has 564 valence electrons. The fourth-order valence-electron chi connectivity index (χ4n) is 11.7. The van der Waals surface area contributed by atoms with Crippen molar-refractivity contribution in [1.29, 1.82) is 0 Å². The number of ketones is 2. The van der Waals surface area contributed by atoms with Gasteiger partial charge in [-0.2, -0.15) is 0 Å². The second kappa shape index (κ2) is 37.0. The third kappa shape index (κ3) is 23.6. The number of halogens is 3. The van der Waals surface area contributed by atoms with Gasteiger partial charge in [-0.25, -0.2) is 29.3 Å². The molecule has 4 fully saturated rings. The zero-order valence-corrected chi connectivity index (χ0v) is 67.1. The van der Waals surface area contributed by atoms with Crippen molar-refractivity contribution in [2.24, 2.45) is 16.0 Å². The van der Waals surface area contributed by atoms with Crippen molar-refractivity contribution >= 4 is 105 Å². The summed E-state index contributed by atoms with van der Waals surface area (Å²) in [5.74, 6) is 0.517. The zero-order chi connectivity index (χ0) is 74.5. The summed E-state index contributed by atoms with van der Waals surface area (Å²) in [6, 6.07) is 23.7. The largest absolute Gasteiger partial charge is 0.444 e. The van der Waals surface area contributed by atoms with E-state index in [0.29, 0.717) is 93.8 Å². The predicted octanol–water partition coefficient (Wildman–Crippen LogP) is 13.4. The van der Waals surface area contributed by atoms with Crippen molar-refractivity contribution < 1.29 is 78.5 Å². The van der Waals surface area contributed by atoms with Crippen LogP contribution in [-0.4, -0.2) is 187 Å². The molecule has 0 bridgehead atoms. The van der Waals surface area contributed by atoms with Gasteiger partial charge in [0.15, 0.2) is 34.3 Å². The van der Waals surface area contributed by atoms with Crippen LogP contribution in [-0.2, 0) is 54.5 Å². The van der Waals surface area contributed by atoms with Crippen LogP contribution >= 0.6 is 34.8 Å². The predicted molar refractivity (Wildman–Crippen MR) is 400 cm³/mol. The molecule has 29 heteroatoms. The fraction of sp³-hybridized carbons (Fsp3) is 0.507. The number of nitrogens with zero attached hydrogens (tertiary/aromatic N) is 10. The van der Waals surface area contributed by atoms with Crippen LogP contribution in [0.5, 0.6) is 0 Å².